The van der Waals surface area contributed by atoms with Crippen molar-refractivity contribution in [3.63, 3.8) is 0 Å². The summed E-state index contributed by atoms with van der Waals surface area (Å²) in [5, 5.41) is 11.6. The Bertz CT molecular complexity index is 140. The molecule has 1 aliphatic carbocycles. The molecule has 4 heteroatoms. The molecule has 1 fully saturated rings. The van der Waals surface area contributed by atoms with Gasteiger partial charge in [-0.1, -0.05) is 0 Å². The van der Waals surface area contributed by atoms with Gasteiger partial charge < -0.3 is 10.4 Å². The zero-order valence-electron chi connectivity index (χ0n) is 6.59. The van der Waals surface area contributed by atoms with Crippen molar-refractivity contribution in [2.24, 2.45) is 0 Å². The lowest BCUT2D eigenvalue weighted by molar-refractivity contribution is -0.139. The lowest BCUT2D eigenvalue weighted by Gasteiger charge is -2.40. The fourth-order valence-electron chi connectivity index (χ4n) is 1.41. The topological polar surface area (TPSA) is 49.3 Å². The first-order valence-electron chi connectivity index (χ1n) is 3.59. The summed E-state index contributed by atoms with van der Waals surface area (Å²) in [6, 6.07) is 0. The average molecular weight is 180 g/mol. The van der Waals surface area contributed by atoms with Gasteiger partial charge in [-0.15, -0.1) is 12.4 Å². The van der Waals surface area contributed by atoms with Crippen molar-refractivity contribution in [2.45, 2.75) is 31.2 Å². The van der Waals surface area contributed by atoms with Gasteiger partial charge in [-0.2, -0.15) is 0 Å². The van der Waals surface area contributed by atoms with Gasteiger partial charge in [0.25, 0.3) is 0 Å². The Labute approximate surface area is 72.6 Å². The van der Waals surface area contributed by atoms with Crippen LogP contribution < -0.4 is 5.32 Å². The van der Waals surface area contributed by atoms with Crippen LogP contribution in [0.1, 0.15) is 25.7 Å². The third kappa shape index (κ3) is 2.34. The fourth-order valence-corrected chi connectivity index (χ4v) is 1.41. The number of nitrogens with one attached hydrogen (secondary N) is 1. The van der Waals surface area contributed by atoms with Crippen molar-refractivity contribution in [3.8, 4) is 0 Å². The van der Waals surface area contributed by atoms with E-state index in [0.717, 1.165) is 19.3 Å². The largest absolute Gasteiger partial charge is 0.481 e. The highest BCUT2D eigenvalue weighted by Crippen LogP contribution is 2.34. The molecule has 1 saturated carbocycles. The maximum atomic E-state index is 10.3. The number of carbonyl (C=O) groups is 1. The van der Waals surface area contributed by atoms with Crippen LogP contribution in [0.3, 0.4) is 0 Å². The third-order valence-electron chi connectivity index (χ3n) is 2.33. The van der Waals surface area contributed by atoms with Crippen LogP contribution in [0.15, 0.2) is 0 Å². The molecule has 0 amide bonds. The predicted molar refractivity (Wildman–Crippen MR) is 45.1 cm³/mol. The molecular formula is C7H14ClNO2. The van der Waals surface area contributed by atoms with E-state index in [9.17, 15) is 4.79 Å². The number of rotatable bonds is 3. The van der Waals surface area contributed by atoms with Crippen molar-refractivity contribution >= 4 is 18.4 Å². The molecule has 1 aliphatic rings. The van der Waals surface area contributed by atoms with E-state index in [1.807, 2.05) is 7.05 Å². The highest BCUT2D eigenvalue weighted by Gasteiger charge is 2.37. The molecule has 0 aliphatic heterocycles. The van der Waals surface area contributed by atoms with Gasteiger partial charge in [0.1, 0.15) is 0 Å². The molecule has 0 radical (unpaired) electrons. The van der Waals surface area contributed by atoms with Crippen LogP contribution in [0, 0.1) is 0 Å². The van der Waals surface area contributed by atoms with E-state index in [0.29, 0.717) is 0 Å². The maximum Gasteiger partial charge on any atom is 0.305 e. The summed E-state index contributed by atoms with van der Waals surface area (Å²) in [5.74, 6) is -0.700. The van der Waals surface area contributed by atoms with E-state index in [1.54, 1.807) is 0 Å². The minimum absolute atomic E-state index is 0. The summed E-state index contributed by atoms with van der Waals surface area (Å²) >= 11 is 0. The molecule has 0 atom stereocenters. The molecule has 0 saturated heterocycles. The SMILES string of the molecule is CNC1(CC(=O)O)CCC1.Cl. The van der Waals surface area contributed by atoms with Crippen LogP contribution in [0.4, 0.5) is 0 Å². The second kappa shape index (κ2) is 3.93. The van der Waals surface area contributed by atoms with E-state index in [4.69, 9.17) is 5.11 Å². The quantitative estimate of drug-likeness (QED) is 0.681. The smallest absolute Gasteiger partial charge is 0.305 e. The summed E-state index contributed by atoms with van der Waals surface area (Å²) in [4.78, 5) is 10.3. The van der Waals surface area contributed by atoms with Gasteiger partial charge in [-0.3, -0.25) is 4.79 Å². The molecule has 2 N–H and O–H groups in total. The van der Waals surface area contributed by atoms with Crippen LogP contribution in [0.2, 0.25) is 0 Å². The van der Waals surface area contributed by atoms with Gasteiger partial charge in [0, 0.05) is 5.54 Å². The summed E-state index contributed by atoms with van der Waals surface area (Å²) in [6.07, 6.45) is 3.45. The maximum absolute atomic E-state index is 10.3. The normalized spacial score (nSPS) is 19.7. The highest BCUT2D eigenvalue weighted by atomic mass is 35.5. The number of hydrogen-bond donors (Lipinski definition) is 2. The van der Waals surface area contributed by atoms with E-state index in [2.05, 4.69) is 5.32 Å². The summed E-state index contributed by atoms with van der Waals surface area (Å²) in [5.41, 5.74) is -0.0637. The number of aliphatic carboxylic acids is 1. The number of carboxylic acids is 1. The van der Waals surface area contributed by atoms with Gasteiger partial charge in [0.05, 0.1) is 6.42 Å². The molecule has 3 nitrogen and oxygen atoms in total. The summed E-state index contributed by atoms with van der Waals surface area (Å²) in [6.45, 7) is 0. The Hall–Kier alpha value is -0.280. The van der Waals surface area contributed by atoms with Gasteiger partial charge in [-0.25, -0.2) is 0 Å². The molecule has 0 unspecified atom stereocenters. The Balaban J connectivity index is 0.000001000. The molecule has 66 valence electrons. The van der Waals surface area contributed by atoms with Crippen molar-refractivity contribution in [3.05, 3.63) is 0 Å². The van der Waals surface area contributed by atoms with E-state index in [-0.39, 0.29) is 24.4 Å². The van der Waals surface area contributed by atoms with Gasteiger partial charge >= 0.3 is 5.97 Å². The Morgan fingerprint density at radius 2 is 2.18 bits per heavy atom. The number of halogens is 1. The molecule has 11 heavy (non-hydrogen) atoms. The first-order valence-corrected chi connectivity index (χ1v) is 3.59. The molecule has 1 rings (SSSR count). The monoisotopic (exact) mass is 179 g/mol. The van der Waals surface area contributed by atoms with Crippen LogP contribution in [0.5, 0.6) is 0 Å². The predicted octanol–water partition coefficient (Wildman–Crippen LogP) is 1.02. The molecule has 0 aromatic carbocycles. The Kier molecular flexibility index (Phi) is 3.83. The highest BCUT2D eigenvalue weighted by molar-refractivity contribution is 5.85. The second-order valence-electron chi connectivity index (χ2n) is 2.95. The van der Waals surface area contributed by atoms with Crippen molar-refractivity contribution in [1.82, 2.24) is 5.32 Å². The number of carboxylic acid groups (broad SMARTS) is 1. The third-order valence-corrected chi connectivity index (χ3v) is 2.33. The van der Waals surface area contributed by atoms with Crippen LogP contribution in [-0.2, 0) is 4.79 Å². The molecule has 0 aromatic heterocycles. The van der Waals surface area contributed by atoms with Gasteiger partial charge in [0.15, 0.2) is 0 Å². The number of hydrogen-bond acceptors (Lipinski definition) is 2. The van der Waals surface area contributed by atoms with Crippen LogP contribution in [-0.4, -0.2) is 23.7 Å². The standard InChI is InChI=1S/C7H13NO2.ClH/c1-8-7(3-2-4-7)5-6(9)10;/h8H,2-5H2,1H3,(H,9,10);1H. The molecular weight excluding hydrogens is 166 g/mol. The van der Waals surface area contributed by atoms with Crippen LogP contribution >= 0.6 is 12.4 Å². The zero-order chi connectivity index (χ0) is 7.61. The average Bonchev–Trinajstić information content (AvgIpc) is 1.78. The van der Waals surface area contributed by atoms with Crippen molar-refractivity contribution in [1.29, 1.82) is 0 Å². The van der Waals surface area contributed by atoms with Crippen LogP contribution in [0.25, 0.3) is 0 Å². The second-order valence-corrected chi connectivity index (χ2v) is 2.95. The van der Waals surface area contributed by atoms with Crippen molar-refractivity contribution < 1.29 is 9.90 Å². The molecule has 0 spiro atoms. The molecule has 0 heterocycles. The van der Waals surface area contributed by atoms with E-state index < -0.39 is 5.97 Å². The Morgan fingerprint density at radius 3 is 2.27 bits per heavy atom. The minimum Gasteiger partial charge on any atom is -0.481 e. The Morgan fingerprint density at radius 1 is 1.64 bits per heavy atom. The molecule has 0 aromatic rings. The summed E-state index contributed by atoms with van der Waals surface area (Å²) < 4.78 is 0. The van der Waals surface area contributed by atoms with Gasteiger partial charge in [0.2, 0.25) is 0 Å². The minimum atomic E-state index is -0.700. The molecule has 0 bridgehead atoms. The van der Waals surface area contributed by atoms with E-state index >= 15 is 0 Å². The summed E-state index contributed by atoms with van der Waals surface area (Å²) in [7, 11) is 1.84. The van der Waals surface area contributed by atoms with Gasteiger partial charge in [-0.05, 0) is 26.3 Å². The van der Waals surface area contributed by atoms with Crippen molar-refractivity contribution in [2.75, 3.05) is 7.05 Å². The first kappa shape index (κ1) is 10.7. The fraction of sp³-hybridized carbons (Fsp3) is 0.857. The zero-order valence-corrected chi connectivity index (χ0v) is 7.41. The first-order chi connectivity index (χ1) is 4.68. The van der Waals surface area contributed by atoms with E-state index in [1.165, 1.54) is 0 Å². The lowest BCUT2D eigenvalue weighted by Crippen LogP contribution is -2.50. The lowest BCUT2D eigenvalue weighted by atomic mass is 9.74.